The lowest BCUT2D eigenvalue weighted by atomic mass is 9.86. The molecule has 0 heterocycles. The van der Waals surface area contributed by atoms with Gasteiger partial charge in [0.1, 0.15) is 0 Å². The first-order chi connectivity index (χ1) is 9.48. The molecule has 0 aromatic heterocycles. The molecular weight excluding hydrogens is 242 g/mol. The van der Waals surface area contributed by atoms with Crippen molar-refractivity contribution in [2.45, 2.75) is 72.8 Å². The smallest absolute Gasteiger partial charge is 0.0292 e. The fraction of sp³-hybridized carbons (Fsp3) is 0.684. The van der Waals surface area contributed by atoms with Crippen LogP contribution in [0.4, 0.5) is 0 Å². The van der Waals surface area contributed by atoms with Gasteiger partial charge < -0.3 is 5.32 Å². The van der Waals surface area contributed by atoms with E-state index in [0.717, 1.165) is 13.0 Å². The van der Waals surface area contributed by atoms with Crippen LogP contribution >= 0.6 is 0 Å². The highest BCUT2D eigenvalue weighted by atomic mass is 14.9. The third-order valence-corrected chi connectivity index (χ3v) is 4.23. The number of rotatable bonds is 9. The predicted octanol–water partition coefficient (Wildman–Crippen LogP) is 5.51. The Kier molecular flexibility index (Phi) is 7.29. The van der Waals surface area contributed by atoms with Gasteiger partial charge in [-0.25, -0.2) is 0 Å². The maximum absolute atomic E-state index is 3.70. The summed E-state index contributed by atoms with van der Waals surface area (Å²) in [6.45, 7) is 12.6. The van der Waals surface area contributed by atoms with Gasteiger partial charge in [0, 0.05) is 12.6 Å². The first-order valence-corrected chi connectivity index (χ1v) is 8.30. The normalized spacial score (nSPS) is 13.4. The molecule has 1 atom stereocenters. The molecule has 114 valence electrons. The Morgan fingerprint density at radius 3 is 2.25 bits per heavy atom. The van der Waals surface area contributed by atoms with Crippen molar-refractivity contribution in [3.05, 3.63) is 35.4 Å². The van der Waals surface area contributed by atoms with Crippen molar-refractivity contribution in [2.75, 3.05) is 6.54 Å². The lowest BCUT2D eigenvalue weighted by Gasteiger charge is -2.27. The minimum Gasteiger partial charge on any atom is -0.310 e. The molecule has 20 heavy (non-hydrogen) atoms. The third kappa shape index (κ3) is 6.09. The monoisotopic (exact) mass is 275 g/mol. The van der Waals surface area contributed by atoms with Gasteiger partial charge in [-0.2, -0.15) is 0 Å². The summed E-state index contributed by atoms with van der Waals surface area (Å²) in [6.07, 6.45) is 6.45. The SMILES string of the molecule is CCCCCC(C)(C)CNC(C)c1ccc(CC)cc1. The van der Waals surface area contributed by atoms with Gasteiger partial charge in [-0.3, -0.25) is 0 Å². The van der Waals surface area contributed by atoms with E-state index >= 15 is 0 Å². The lowest BCUT2D eigenvalue weighted by Crippen LogP contribution is -2.31. The van der Waals surface area contributed by atoms with E-state index in [2.05, 4.69) is 64.2 Å². The molecule has 0 spiro atoms. The molecule has 0 radical (unpaired) electrons. The van der Waals surface area contributed by atoms with Gasteiger partial charge in [0.15, 0.2) is 0 Å². The van der Waals surface area contributed by atoms with Gasteiger partial charge in [0.05, 0.1) is 0 Å². The summed E-state index contributed by atoms with van der Waals surface area (Å²) in [7, 11) is 0. The molecule has 0 aliphatic rings. The van der Waals surface area contributed by atoms with Crippen LogP contribution < -0.4 is 5.32 Å². The average molecular weight is 275 g/mol. The van der Waals surface area contributed by atoms with Crippen LogP contribution in [0.15, 0.2) is 24.3 Å². The highest BCUT2D eigenvalue weighted by Gasteiger charge is 2.18. The number of unbranched alkanes of at least 4 members (excludes halogenated alkanes) is 2. The molecule has 1 N–H and O–H groups in total. The minimum atomic E-state index is 0.396. The van der Waals surface area contributed by atoms with Gasteiger partial charge >= 0.3 is 0 Å². The Morgan fingerprint density at radius 1 is 1.05 bits per heavy atom. The molecule has 0 saturated heterocycles. The molecule has 1 aromatic rings. The van der Waals surface area contributed by atoms with Crippen molar-refractivity contribution in [1.29, 1.82) is 0 Å². The highest BCUT2D eigenvalue weighted by Crippen LogP contribution is 2.24. The second kappa shape index (κ2) is 8.46. The Balaban J connectivity index is 2.42. The zero-order valence-corrected chi connectivity index (χ0v) is 14.1. The van der Waals surface area contributed by atoms with E-state index in [0.29, 0.717) is 11.5 Å². The number of benzene rings is 1. The fourth-order valence-corrected chi connectivity index (χ4v) is 2.53. The molecule has 0 fully saturated rings. The number of nitrogens with one attached hydrogen (secondary N) is 1. The van der Waals surface area contributed by atoms with Crippen molar-refractivity contribution in [1.82, 2.24) is 5.32 Å². The number of aryl methyl sites for hydroxylation is 1. The van der Waals surface area contributed by atoms with Gasteiger partial charge in [-0.05, 0) is 36.3 Å². The molecule has 1 unspecified atom stereocenters. The summed E-state index contributed by atoms with van der Waals surface area (Å²) in [6, 6.07) is 9.47. The summed E-state index contributed by atoms with van der Waals surface area (Å²) in [5, 5.41) is 3.70. The van der Waals surface area contributed by atoms with Crippen molar-refractivity contribution in [3.63, 3.8) is 0 Å². The van der Waals surface area contributed by atoms with Crippen molar-refractivity contribution >= 4 is 0 Å². The number of hydrogen-bond acceptors (Lipinski definition) is 1. The van der Waals surface area contributed by atoms with Crippen LogP contribution in [-0.2, 0) is 6.42 Å². The van der Waals surface area contributed by atoms with Crippen LogP contribution in [0.1, 0.15) is 77.5 Å². The van der Waals surface area contributed by atoms with Gasteiger partial charge in [-0.1, -0.05) is 71.2 Å². The van der Waals surface area contributed by atoms with Crippen molar-refractivity contribution in [3.8, 4) is 0 Å². The summed E-state index contributed by atoms with van der Waals surface area (Å²) < 4.78 is 0. The van der Waals surface area contributed by atoms with Crippen LogP contribution in [0.5, 0.6) is 0 Å². The summed E-state index contributed by atoms with van der Waals surface area (Å²) in [5.74, 6) is 0. The van der Waals surface area contributed by atoms with Gasteiger partial charge in [0.2, 0.25) is 0 Å². The van der Waals surface area contributed by atoms with Crippen LogP contribution in [0.2, 0.25) is 0 Å². The van der Waals surface area contributed by atoms with Crippen LogP contribution in [0.3, 0.4) is 0 Å². The molecular formula is C19H33N. The molecule has 0 aliphatic carbocycles. The molecule has 0 amide bonds. The molecule has 0 saturated carbocycles. The Hall–Kier alpha value is -0.820. The predicted molar refractivity (Wildman–Crippen MR) is 90.2 cm³/mol. The standard InChI is InChI=1S/C19H33N/c1-6-8-9-14-19(4,5)15-20-16(3)18-12-10-17(7-2)11-13-18/h10-13,16,20H,6-9,14-15H2,1-5H3. The Morgan fingerprint density at radius 2 is 1.70 bits per heavy atom. The molecule has 1 rings (SSSR count). The first-order valence-electron chi connectivity index (χ1n) is 8.30. The quantitative estimate of drug-likeness (QED) is 0.586. The van der Waals surface area contributed by atoms with E-state index in [1.807, 2.05) is 0 Å². The highest BCUT2D eigenvalue weighted by molar-refractivity contribution is 5.24. The van der Waals surface area contributed by atoms with Crippen molar-refractivity contribution in [2.24, 2.45) is 5.41 Å². The molecule has 1 heteroatoms. The van der Waals surface area contributed by atoms with E-state index in [1.165, 1.54) is 36.8 Å². The minimum absolute atomic E-state index is 0.396. The maximum atomic E-state index is 3.70. The fourth-order valence-electron chi connectivity index (χ4n) is 2.53. The summed E-state index contributed by atoms with van der Waals surface area (Å²) in [5.41, 5.74) is 3.21. The maximum Gasteiger partial charge on any atom is 0.0292 e. The molecule has 1 aromatic carbocycles. The molecule has 0 bridgehead atoms. The lowest BCUT2D eigenvalue weighted by molar-refractivity contribution is 0.291. The van der Waals surface area contributed by atoms with Crippen LogP contribution in [-0.4, -0.2) is 6.54 Å². The van der Waals surface area contributed by atoms with E-state index in [-0.39, 0.29) is 0 Å². The summed E-state index contributed by atoms with van der Waals surface area (Å²) in [4.78, 5) is 0. The van der Waals surface area contributed by atoms with Crippen LogP contribution in [0, 0.1) is 5.41 Å². The second-order valence-corrected chi connectivity index (χ2v) is 6.82. The Labute approximate surface area is 126 Å². The van der Waals surface area contributed by atoms with Gasteiger partial charge in [-0.15, -0.1) is 0 Å². The van der Waals surface area contributed by atoms with Gasteiger partial charge in [0.25, 0.3) is 0 Å². The topological polar surface area (TPSA) is 12.0 Å². The van der Waals surface area contributed by atoms with E-state index < -0.39 is 0 Å². The second-order valence-electron chi connectivity index (χ2n) is 6.82. The van der Waals surface area contributed by atoms with E-state index in [1.54, 1.807) is 0 Å². The zero-order valence-electron chi connectivity index (χ0n) is 14.1. The Bertz CT molecular complexity index is 364. The summed E-state index contributed by atoms with van der Waals surface area (Å²) >= 11 is 0. The van der Waals surface area contributed by atoms with Crippen molar-refractivity contribution < 1.29 is 0 Å². The largest absolute Gasteiger partial charge is 0.310 e. The third-order valence-electron chi connectivity index (χ3n) is 4.23. The first kappa shape index (κ1) is 17.2. The average Bonchev–Trinajstić information content (AvgIpc) is 2.45. The van der Waals surface area contributed by atoms with E-state index in [4.69, 9.17) is 0 Å². The zero-order chi connectivity index (χ0) is 15.0. The molecule has 1 nitrogen and oxygen atoms in total. The number of hydrogen-bond donors (Lipinski definition) is 1. The van der Waals surface area contributed by atoms with Crippen LogP contribution in [0.25, 0.3) is 0 Å². The molecule has 0 aliphatic heterocycles. The van der Waals surface area contributed by atoms with E-state index in [9.17, 15) is 0 Å².